The van der Waals surface area contributed by atoms with Gasteiger partial charge in [0.1, 0.15) is 11.3 Å². The molecule has 1 unspecified atom stereocenters. The predicted octanol–water partition coefficient (Wildman–Crippen LogP) is 4.93. The molecule has 1 heterocycles. The maximum Gasteiger partial charge on any atom is 0.221 e. The van der Waals surface area contributed by atoms with Crippen LogP contribution in [0.25, 0.3) is 11.0 Å². The summed E-state index contributed by atoms with van der Waals surface area (Å²) in [4.78, 5) is 24.2. The zero-order valence-electron chi connectivity index (χ0n) is 13.8. The molecule has 0 fully saturated rings. The van der Waals surface area contributed by atoms with Gasteiger partial charge in [0.25, 0.3) is 0 Å². The van der Waals surface area contributed by atoms with Crippen LogP contribution in [0.5, 0.6) is 0 Å². The molecule has 4 nitrogen and oxygen atoms in total. The van der Waals surface area contributed by atoms with E-state index in [2.05, 4.69) is 5.32 Å². The van der Waals surface area contributed by atoms with Crippen LogP contribution in [-0.4, -0.2) is 11.7 Å². The molecular formula is C20H18ClNO3. The Morgan fingerprint density at radius 3 is 2.52 bits per heavy atom. The van der Waals surface area contributed by atoms with Crippen LogP contribution in [-0.2, 0) is 4.79 Å². The van der Waals surface area contributed by atoms with Crippen LogP contribution in [0.4, 0.5) is 0 Å². The monoisotopic (exact) mass is 355 g/mol. The van der Waals surface area contributed by atoms with Gasteiger partial charge in [-0.05, 0) is 43.3 Å². The van der Waals surface area contributed by atoms with Crippen molar-refractivity contribution in [2.24, 2.45) is 0 Å². The van der Waals surface area contributed by atoms with Crippen LogP contribution < -0.4 is 5.32 Å². The minimum absolute atomic E-state index is 0.0804. The third kappa shape index (κ3) is 4.28. The number of ketones is 1. The lowest BCUT2D eigenvalue weighted by atomic mass is 10.1. The summed E-state index contributed by atoms with van der Waals surface area (Å²) in [6.07, 6.45) is 0.284. The summed E-state index contributed by atoms with van der Waals surface area (Å²) < 4.78 is 5.74. The van der Waals surface area contributed by atoms with Gasteiger partial charge in [0, 0.05) is 28.8 Å². The number of fused-ring (bicyclic) bond motifs is 1. The van der Waals surface area contributed by atoms with Crippen molar-refractivity contribution >= 4 is 34.3 Å². The Labute approximate surface area is 150 Å². The van der Waals surface area contributed by atoms with Gasteiger partial charge in [-0.1, -0.05) is 29.8 Å². The second kappa shape index (κ2) is 7.53. The first-order valence-electron chi connectivity index (χ1n) is 8.09. The fourth-order valence-electron chi connectivity index (χ4n) is 2.61. The number of para-hydroxylation sites is 1. The van der Waals surface area contributed by atoms with Crippen molar-refractivity contribution < 1.29 is 14.0 Å². The van der Waals surface area contributed by atoms with Crippen LogP contribution in [0.3, 0.4) is 0 Å². The van der Waals surface area contributed by atoms with E-state index in [4.69, 9.17) is 16.0 Å². The lowest BCUT2D eigenvalue weighted by Crippen LogP contribution is -2.26. The minimum Gasteiger partial charge on any atom is -0.459 e. The molecule has 0 saturated carbocycles. The Balaban J connectivity index is 1.54. The molecule has 0 bridgehead atoms. The number of amides is 1. The highest BCUT2D eigenvalue weighted by Crippen LogP contribution is 2.23. The van der Waals surface area contributed by atoms with Gasteiger partial charge >= 0.3 is 0 Å². The summed E-state index contributed by atoms with van der Waals surface area (Å²) in [6, 6.07) is 16.0. The first kappa shape index (κ1) is 17.2. The van der Waals surface area contributed by atoms with Gasteiger partial charge in [0.15, 0.2) is 5.78 Å². The van der Waals surface area contributed by atoms with E-state index in [0.717, 1.165) is 11.0 Å². The molecule has 2 aromatic carbocycles. The molecular weight excluding hydrogens is 338 g/mol. The molecule has 0 aliphatic heterocycles. The first-order valence-corrected chi connectivity index (χ1v) is 8.47. The average molecular weight is 356 g/mol. The van der Waals surface area contributed by atoms with E-state index < -0.39 is 0 Å². The van der Waals surface area contributed by atoms with Crippen molar-refractivity contribution in [2.45, 2.75) is 25.8 Å². The molecule has 0 aliphatic carbocycles. The molecule has 3 rings (SSSR count). The van der Waals surface area contributed by atoms with E-state index in [0.29, 0.717) is 16.3 Å². The highest BCUT2D eigenvalue weighted by molar-refractivity contribution is 6.30. The Hall–Kier alpha value is -2.59. The summed E-state index contributed by atoms with van der Waals surface area (Å²) in [5.74, 6) is 0.428. The zero-order valence-corrected chi connectivity index (χ0v) is 14.5. The number of halogens is 1. The van der Waals surface area contributed by atoms with E-state index in [9.17, 15) is 9.59 Å². The standard InChI is InChI=1S/C20H18ClNO3/c1-13(19-12-15-4-2-3-5-18(15)25-19)22-20(24)11-10-17(23)14-6-8-16(21)9-7-14/h2-9,12-13H,10-11H2,1H3,(H,22,24). The summed E-state index contributed by atoms with van der Waals surface area (Å²) in [7, 11) is 0. The molecule has 3 aromatic rings. The number of furan rings is 1. The number of benzene rings is 2. The molecule has 128 valence electrons. The van der Waals surface area contributed by atoms with E-state index >= 15 is 0 Å². The lowest BCUT2D eigenvalue weighted by Gasteiger charge is -2.11. The van der Waals surface area contributed by atoms with Gasteiger partial charge in [-0.3, -0.25) is 9.59 Å². The molecule has 0 radical (unpaired) electrons. The third-order valence-electron chi connectivity index (χ3n) is 3.99. The van der Waals surface area contributed by atoms with Crippen molar-refractivity contribution in [1.82, 2.24) is 5.32 Å². The second-order valence-corrected chi connectivity index (χ2v) is 6.34. The Morgan fingerprint density at radius 2 is 1.80 bits per heavy atom. The molecule has 1 atom stereocenters. The number of Topliss-reactive ketones (excluding diaryl/α,β-unsaturated/α-hetero) is 1. The van der Waals surface area contributed by atoms with Gasteiger partial charge in [-0.25, -0.2) is 0 Å². The summed E-state index contributed by atoms with van der Waals surface area (Å²) >= 11 is 5.80. The van der Waals surface area contributed by atoms with Crippen molar-refractivity contribution in [2.75, 3.05) is 0 Å². The van der Waals surface area contributed by atoms with Crippen LogP contribution in [0.15, 0.2) is 59.0 Å². The van der Waals surface area contributed by atoms with E-state index in [1.807, 2.05) is 37.3 Å². The predicted molar refractivity (Wildman–Crippen MR) is 97.8 cm³/mol. The van der Waals surface area contributed by atoms with Crippen LogP contribution >= 0.6 is 11.6 Å². The molecule has 25 heavy (non-hydrogen) atoms. The van der Waals surface area contributed by atoms with E-state index in [1.165, 1.54) is 0 Å². The Kier molecular flexibility index (Phi) is 5.19. The van der Waals surface area contributed by atoms with Crippen molar-refractivity contribution in [3.05, 3.63) is 70.9 Å². The molecule has 1 amide bonds. The van der Waals surface area contributed by atoms with Crippen LogP contribution in [0.1, 0.15) is 41.9 Å². The SMILES string of the molecule is CC(NC(=O)CCC(=O)c1ccc(Cl)cc1)c1cc2ccccc2o1. The first-order chi connectivity index (χ1) is 12.0. The summed E-state index contributed by atoms with van der Waals surface area (Å²) in [6.45, 7) is 1.86. The average Bonchev–Trinajstić information content (AvgIpc) is 3.04. The summed E-state index contributed by atoms with van der Waals surface area (Å²) in [5.41, 5.74) is 1.35. The fourth-order valence-corrected chi connectivity index (χ4v) is 2.73. The molecule has 5 heteroatoms. The van der Waals surface area contributed by atoms with Gasteiger partial charge in [0.2, 0.25) is 5.91 Å². The van der Waals surface area contributed by atoms with Gasteiger partial charge < -0.3 is 9.73 Å². The third-order valence-corrected chi connectivity index (χ3v) is 4.25. The second-order valence-electron chi connectivity index (χ2n) is 5.91. The largest absolute Gasteiger partial charge is 0.459 e. The quantitative estimate of drug-likeness (QED) is 0.638. The highest BCUT2D eigenvalue weighted by atomic mass is 35.5. The molecule has 0 spiro atoms. The van der Waals surface area contributed by atoms with Crippen LogP contribution in [0.2, 0.25) is 5.02 Å². The van der Waals surface area contributed by atoms with Crippen LogP contribution in [0, 0.1) is 0 Å². The van der Waals surface area contributed by atoms with Gasteiger partial charge in [-0.2, -0.15) is 0 Å². The van der Waals surface area contributed by atoms with E-state index in [1.54, 1.807) is 24.3 Å². The van der Waals surface area contributed by atoms with Gasteiger partial charge in [0.05, 0.1) is 6.04 Å². The maximum absolute atomic E-state index is 12.1. The topological polar surface area (TPSA) is 59.3 Å². The van der Waals surface area contributed by atoms with Gasteiger partial charge in [-0.15, -0.1) is 0 Å². The normalized spacial score (nSPS) is 12.1. The Bertz CT molecular complexity index is 866. The number of carbonyl (C=O) groups is 2. The number of hydrogen-bond donors (Lipinski definition) is 1. The van der Waals surface area contributed by atoms with Crippen molar-refractivity contribution in [3.8, 4) is 0 Å². The van der Waals surface area contributed by atoms with Crippen molar-refractivity contribution in [3.63, 3.8) is 0 Å². The molecule has 0 aliphatic rings. The smallest absolute Gasteiger partial charge is 0.221 e. The van der Waals surface area contributed by atoms with E-state index in [-0.39, 0.29) is 30.6 Å². The lowest BCUT2D eigenvalue weighted by molar-refractivity contribution is -0.121. The molecule has 1 aromatic heterocycles. The number of carbonyl (C=O) groups excluding carboxylic acids is 2. The number of nitrogens with one attached hydrogen (secondary N) is 1. The number of rotatable bonds is 6. The fraction of sp³-hybridized carbons (Fsp3) is 0.200. The zero-order chi connectivity index (χ0) is 17.8. The minimum atomic E-state index is -0.259. The maximum atomic E-state index is 12.1. The summed E-state index contributed by atoms with van der Waals surface area (Å²) in [5, 5.41) is 4.44. The molecule has 0 saturated heterocycles. The molecule has 1 N–H and O–H groups in total. The number of hydrogen-bond acceptors (Lipinski definition) is 3. The van der Waals surface area contributed by atoms with Crippen molar-refractivity contribution in [1.29, 1.82) is 0 Å². The Morgan fingerprint density at radius 1 is 1.08 bits per heavy atom. The highest BCUT2D eigenvalue weighted by Gasteiger charge is 2.15.